The van der Waals surface area contributed by atoms with E-state index in [-0.39, 0.29) is 23.7 Å². The van der Waals surface area contributed by atoms with Crippen LogP contribution in [0, 0.1) is 11.7 Å². The summed E-state index contributed by atoms with van der Waals surface area (Å²) < 4.78 is 12.8. The van der Waals surface area contributed by atoms with Crippen molar-refractivity contribution in [3.8, 4) is 0 Å². The summed E-state index contributed by atoms with van der Waals surface area (Å²) in [6.07, 6.45) is 2.12. The molecule has 6 heteroatoms. The maximum atomic E-state index is 12.8. The van der Waals surface area contributed by atoms with E-state index in [1.54, 1.807) is 0 Å². The normalized spacial score (nSPS) is 19.9. The van der Waals surface area contributed by atoms with Crippen LogP contribution in [0.2, 0.25) is 0 Å². The third-order valence-corrected chi connectivity index (χ3v) is 3.69. The minimum absolute atomic E-state index is 0.0773. The minimum Gasteiger partial charge on any atom is -0.368 e. The van der Waals surface area contributed by atoms with Gasteiger partial charge in [0.25, 0.3) is 5.91 Å². The fourth-order valence-electron chi connectivity index (χ4n) is 2.59. The van der Waals surface area contributed by atoms with Crippen molar-refractivity contribution in [3.05, 3.63) is 35.6 Å². The summed E-state index contributed by atoms with van der Waals surface area (Å²) in [5.74, 6) is -1.81. The average Bonchev–Trinajstić information content (AvgIpc) is 2.45. The zero-order chi connectivity index (χ0) is 15.4. The fourth-order valence-corrected chi connectivity index (χ4v) is 2.59. The van der Waals surface area contributed by atoms with Crippen molar-refractivity contribution in [2.45, 2.75) is 31.7 Å². The summed E-state index contributed by atoms with van der Waals surface area (Å²) in [6, 6.07) is 4.10. The van der Waals surface area contributed by atoms with Gasteiger partial charge in [0.15, 0.2) is 0 Å². The van der Waals surface area contributed by atoms with Crippen molar-refractivity contribution >= 4 is 17.6 Å². The van der Waals surface area contributed by atoms with Crippen LogP contribution in [0.3, 0.4) is 0 Å². The second kappa shape index (κ2) is 6.47. The fraction of sp³-hybridized carbons (Fsp3) is 0.400. The van der Waals surface area contributed by atoms with E-state index in [1.807, 2.05) is 0 Å². The van der Waals surface area contributed by atoms with Gasteiger partial charge in [0, 0.05) is 18.4 Å². The number of hydrogen-bond donors (Lipinski definition) is 2. The highest BCUT2D eigenvalue weighted by molar-refractivity contribution is 5.97. The standard InChI is InChI=1S/C15H17FN2O3/c16-11-6-4-9(5-7-11)15(21)18-13(14(17)20)10-2-1-3-12(19)8-10/h4-7,10,13H,1-3,8H2,(H2,17,20)(H,18,21)/t10-,13-/m1/s1. The average molecular weight is 292 g/mol. The third kappa shape index (κ3) is 3.87. The second-order valence-corrected chi connectivity index (χ2v) is 5.26. The number of hydrogen-bond acceptors (Lipinski definition) is 3. The molecule has 2 rings (SSSR count). The lowest BCUT2D eigenvalue weighted by atomic mass is 9.82. The highest BCUT2D eigenvalue weighted by Crippen LogP contribution is 2.24. The molecular formula is C15H17FN2O3. The predicted octanol–water partition coefficient (Wildman–Crippen LogP) is 1.17. The number of carbonyl (C=O) groups is 3. The zero-order valence-electron chi connectivity index (χ0n) is 11.5. The molecule has 112 valence electrons. The van der Waals surface area contributed by atoms with Crippen LogP contribution in [0.5, 0.6) is 0 Å². The van der Waals surface area contributed by atoms with Gasteiger partial charge in [0.1, 0.15) is 17.6 Å². The number of ketones is 1. The molecule has 3 N–H and O–H groups in total. The van der Waals surface area contributed by atoms with E-state index in [0.717, 1.165) is 0 Å². The van der Waals surface area contributed by atoms with Gasteiger partial charge >= 0.3 is 0 Å². The van der Waals surface area contributed by atoms with Crippen molar-refractivity contribution in [2.75, 3.05) is 0 Å². The van der Waals surface area contributed by atoms with Crippen LogP contribution < -0.4 is 11.1 Å². The maximum absolute atomic E-state index is 12.8. The Bertz CT molecular complexity index is 557. The summed E-state index contributed by atoms with van der Waals surface area (Å²) in [6.45, 7) is 0. The first-order valence-corrected chi connectivity index (χ1v) is 6.85. The van der Waals surface area contributed by atoms with Gasteiger partial charge in [-0.2, -0.15) is 0 Å². The number of amides is 2. The van der Waals surface area contributed by atoms with Gasteiger partial charge in [-0.3, -0.25) is 14.4 Å². The lowest BCUT2D eigenvalue weighted by Crippen LogP contribution is -2.50. The molecule has 0 heterocycles. The summed E-state index contributed by atoms with van der Waals surface area (Å²) in [7, 11) is 0. The molecule has 0 aromatic heterocycles. The van der Waals surface area contributed by atoms with Crippen LogP contribution in [-0.2, 0) is 9.59 Å². The van der Waals surface area contributed by atoms with Crippen LogP contribution in [0.15, 0.2) is 24.3 Å². The van der Waals surface area contributed by atoms with Crippen molar-refractivity contribution in [3.63, 3.8) is 0 Å². The largest absolute Gasteiger partial charge is 0.368 e. The second-order valence-electron chi connectivity index (χ2n) is 5.26. The molecule has 0 unspecified atom stereocenters. The van der Waals surface area contributed by atoms with Crippen LogP contribution >= 0.6 is 0 Å². The van der Waals surface area contributed by atoms with Crippen LogP contribution in [0.25, 0.3) is 0 Å². The Morgan fingerprint density at radius 2 is 1.95 bits per heavy atom. The SMILES string of the molecule is NC(=O)[C@H](NC(=O)c1ccc(F)cc1)[C@@H]1CCCC(=O)C1. The van der Waals surface area contributed by atoms with Crippen LogP contribution in [0.1, 0.15) is 36.0 Å². The Morgan fingerprint density at radius 1 is 1.29 bits per heavy atom. The van der Waals surface area contributed by atoms with Crippen molar-refractivity contribution < 1.29 is 18.8 Å². The first kappa shape index (κ1) is 15.2. The van der Waals surface area contributed by atoms with Crippen molar-refractivity contribution in [1.82, 2.24) is 5.32 Å². The number of primary amides is 1. The Morgan fingerprint density at radius 3 is 2.52 bits per heavy atom. The molecule has 2 atom stereocenters. The van der Waals surface area contributed by atoms with E-state index < -0.39 is 23.7 Å². The molecule has 1 fully saturated rings. The summed E-state index contributed by atoms with van der Waals surface area (Å²) in [4.78, 5) is 35.1. The highest BCUT2D eigenvalue weighted by Gasteiger charge is 2.32. The Hall–Kier alpha value is -2.24. The molecule has 21 heavy (non-hydrogen) atoms. The molecule has 2 amide bonds. The third-order valence-electron chi connectivity index (χ3n) is 3.69. The lowest BCUT2D eigenvalue weighted by molar-refractivity contribution is -0.124. The number of benzene rings is 1. The van der Waals surface area contributed by atoms with Gasteiger partial charge in [0.05, 0.1) is 0 Å². The Balaban J connectivity index is 2.08. The van der Waals surface area contributed by atoms with E-state index in [2.05, 4.69) is 5.32 Å². The molecule has 0 saturated heterocycles. The van der Waals surface area contributed by atoms with E-state index in [4.69, 9.17) is 5.73 Å². The number of halogens is 1. The smallest absolute Gasteiger partial charge is 0.251 e. The molecule has 1 aliphatic carbocycles. The predicted molar refractivity (Wildman–Crippen MR) is 73.8 cm³/mol. The van der Waals surface area contributed by atoms with Gasteiger partial charge < -0.3 is 11.1 Å². The van der Waals surface area contributed by atoms with E-state index in [9.17, 15) is 18.8 Å². The van der Waals surface area contributed by atoms with Gasteiger partial charge in [-0.15, -0.1) is 0 Å². The monoisotopic (exact) mass is 292 g/mol. The molecule has 0 spiro atoms. The lowest BCUT2D eigenvalue weighted by Gasteiger charge is -2.28. The van der Waals surface area contributed by atoms with Crippen molar-refractivity contribution in [2.24, 2.45) is 11.7 Å². The van der Waals surface area contributed by atoms with Crippen LogP contribution in [0.4, 0.5) is 4.39 Å². The summed E-state index contributed by atoms with van der Waals surface area (Å²) in [5.41, 5.74) is 5.58. The Labute approximate surface area is 121 Å². The topological polar surface area (TPSA) is 89.3 Å². The highest BCUT2D eigenvalue weighted by atomic mass is 19.1. The summed E-state index contributed by atoms with van der Waals surface area (Å²) >= 11 is 0. The zero-order valence-corrected chi connectivity index (χ0v) is 11.5. The van der Waals surface area contributed by atoms with E-state index in [0.29, 0.717) is 19.3 Å². The molecule has 1 aromatic rings. The quantitative estimate of drug-likeness (QED) is 0.873. The molecule has 1 saturated carbocycles. The number of rotatable bonds is 4. The summed E-state index contributed by atoms with van der Waals surface area (Å²) in [5, 5.41) is 2.55. The number of nitrogens with two attached hydrogens (primary N) is 1. The molecule has 0 aliphatic heterocycles. The maximum Gasteiger partial charge on any atom is 0.251 e. The van der Waals surface area contributed by atoms with Gasteiger partial charge in [-0.1, -0.05) is 0 Å². The number of carbonyl (C=O) groups excluding carboxylic acids is 3. The molecule has 0 radical (unpaired) electrons. The Kier molecular flexibility index (Phi) is 4.67. The van der Waals surface area contributed by atoms with Crippen LogP contribution in [-0.4, -0.2) is 23.6 Å². The van der Waals surface area contributed by atoms with E-state index in [1.165, 1.54) is 24.3 Å². The van der Waals surface area contributed by atoms with Crippen molar-refractivity contribution in [1.29, 1.82) is 0 Å². The molecule has 0 bridgehead atoms. The molecule has 1 aliphatic rings. The number of Topliss-reactive ketones (excluding diaryl/α,β-unsaturated/α-hetero) is 1. The van der Waals surface area contributed by atoms with Gasteiger partial charge in [-0.25, -0.2) is 4.39 Å². The van der Waals surface area contributed by atoms with E-state index >= 15 is 0 Å². The molecule has 5 nitrogen and oxygen atoms in total. The molecule has 1 aromatic carbocycles. The first-order chi connectivity index (χ1) is 9.97. The van der Waals surface area contributed by atoms with Gasteiger partial charge in [0.2, 0.25) is 5.91 Å². The first-order valence-electron chi connectivity index (χ1n) is 6.85. The molecular weight excluding hydrogens is 275 g/mol. The number of nitrogens with one attached hydrogen (secondary N) is 1. The van der Waals surface area contributed by atoms with Gasteiger partial charge in [-0.05, 0) is 43.0 Å². The minimum atomic E-state index is -0.883.